The third-order valence-corrected chi connectivity index (χ3v) is 4.21. The minimum Gasteiger partial charge on any atom is -0.350 e. The van der Waals surface area contributed by atoms with Crippen LogP contribution in [0.3, 0.4) is 0 Å². The molecule has 1 rings (SSSR count). The van der Waals surface area contributed by atoms with Crippen LogP contribution < -0.4 is 10.6 Å². The summed E-state index contributed by atoms with van der Waals surface area (Å²) in [5.74, 6) is 0.157. The molecule has 0 radical (unpaired) electrons. The molecule has 0 spiro atoms. The molecule has 0 saturated carbocycles. The zero-order chi connectivity index (χ0) is 13.8. The molecule has 19 heavy (non-hydrogen) atoms. The molecule has 2 N–H and O–H groups in total. The number of carbonyl (C=O) groups is 1. The van der Waals surface area contributed by atoms with E-state index in [1.54, 1.807) is 0 Å². The Bertz CT molecular complexity index is 276. The van der Waals surface area contributed by atoms with Gasteiger partial charge in [-0.3, -0.25) is 9.69 Å². The van der Waals surface area contributed by atoms with Gasteiger partial charge >= 0.3 is 0 Å². The summed E-state index contributed by atoms with van der Waals surface area (Å²) in [6.07, 6.45) is 3.21. The Morgan fingerprint density at radius 1 is 1.37 bits per heavy atom. The van der Waals surface area contributed by atoms with Crippen molar-refractivity contribution in [3.63, 3.8) is 0 Å². The molecule has 1 saturated heterocycles. The van der Waals surface area contributed by atoms with E-state index < -0.39 is 0 Å². The van der Waals surface area contributed by atoms with Gasteiger partial charge in [-0.25, -0.2) is 0 Å². The van der Waals surface area contributed by atoms with Gasteiger partial charge in [0.2, 0.25) is 5.91 Å². The van der Waals surface area contributed by atoms with Gasteiger partial charge in [-0.15, -0.1) is 12.4 Å². The van der Waals surface area contributed by atoms with E-state index in [0.717, 1.165) is 32.4 Å². The normalized spacial score (nSPS) is 19.6. The quantitative estimate of drug-likeness (QED) is 0.812. The van der Waals surface area contributed by atoms with Crippen LogP contribution in [0.1, 0.15) is 47.0 Å². The van der Waals surface area contributed by atoms with E-state index in [9.17, 15) is 4.79 Å². The van der Waals surface area contributed by atoms with Crippen molar-refractivity contribution in [2.24, 2.45) is 0 Å². The fraction of sp³-hybridized carbons (Fsp3) is 0.929. The average Bonchev–Trinajstić information content (AvgIpc) is 2.37. The summed E-state index contributed by atoms with van der Waals surface area (Å²) in [6.45, 7) is 10.3. The summed E-state index contributed by atoms with van der Waals surface area (Å²) in [4.78, 5) is 14.5. The van der Waals surface area contributed by atoms with Gasteiger partial charge < -0.3 is 10.6 Å². The average molecular weight is 292 g/mol. The van der Waals surface area contributed by atoms with Crippen molar-refractivity contribution in [3.8, 4) is 0 Å². The maximum Gasteiger partial charge on any atom is 0.237 e. The van der Waals surface area contributed by atoms with Gasteiger partial charge in [0.1, 0.15) is 0 Å². The predicted molar refractivity (Wildman–Crippen MR) is 82.9 cm³/mol. The number of hydrogen-bond donors (Lipinski definition) is 2. The van der Waals surface area contributed by atoms with Gasteiger partial charge in [-0.05, 0) is 47.1 Å². The van der Waals surface area contributed by atoms with E-state index in [1.165, 1.54) is 0 Å². The van der Waals surface area contributed by atoms with Crippen molar-refractivity contribution in [3.05, 3.63) is 0 Å². The van der Waals surface area contributed by atoms with Crippen molar-refractivity contribution >= 4 is 18.3 Å². The molecular weight excluding hydrogens is 262 g/mol. The van der Waals surface area contributed by atoms with Crippen LogP contribution in [0.5, 0.6) is 0 Å². The van der Waals surface area contributed by atoms with E-state index in [4.69, 9.17) is 0 Å². The minimum atomic E-state index is -0.103. The van der Waals surface area contributed by atoms with Gasteiger partial charge in [0.25, 0.3) is 0 Å². The second-order valence-electron chi connectivity index (χ2n) is 6.00. The second-order valence-corrected chi connectivity index (χ2v) is 6.00. The van der Waals surface area contributed by atoms with E-state index in [0.29, 0.717) is 6.04 Å². The largest absolute Gasteiger partial charge is 0.350 e. The molecule has 5 heteroatoms. The summed E-state index contributed by atoms with van der Waals surface area (Å²) in [7, 11) is 2.01. The predicted octanol–water partition coefficient (Wildman–Crippen LogP) is 1.79. The summed E-state index contributed by atoms with van der Waals surface area (Å²) >= 11 is 0. The van der Waals surface area contributed by atoms with E-state index in [1.807, 2.05) is 14.0 Å². The Balaban J connectivity index is 0.00000324. The first-order valence-electron chi connectivity index (χ1n) is 7.13. The van der Waals surface area contributed by atoms with Crippen LogP contribution in [0.4, 0.5) is 0 Å². The van der Waals surface area contributed by atoms with Crippen molar-refractivity contribution in [1.82, 2.24) is 15.5 Å². The van der Waals surface area contributed by atoms with Crippen LogP contribution in [0.25, 0.3) is 0 Å². The fourth-order valence-corrected chi connectivity index (χ4v) is 2.27. The lowest BCUT2D eigenvalue weighted by atomic mass is 10.00. The molecular formula is C14H30ClN3O. The number of carbonyl (C=O) groups excluding carboxylic acids is 1. The molecule has 1 fully saturated rings. The molecule has 1 unspecified atom stereocenters. The van der Waals surface area contributed by atoms with Crippen LogP contribution in [-0.2, 0) is 4.79 Å². The van der Waals surface area contributed by atoms with Crippen LogP contribution in [-0.4, -0.2) is 48.6 Å². The monoisotopic (exact) mass is 291 g/mol. The molecule has 0 aliphatic carbocycles. The number of piperidine rings is 1. The molecule has 1 aliphatic heterocycles. The summed E-state index contributed by atoms with van der Waals surface area (Å²) < 4.78 is 0. The molecule has 0 aromatic heterocycles. The highest BCUT2D eigenvalue weighted by Crippen LogP contribution is 2.14. The van der Waals surface area contributed by atoms with E-state index in [2.05, 4.69) is 36.3 Å². The Hall–Kier alpha value is -0.320. The number of nitrogens with one attached hydrogen (secondary N) is 2. The third-order valence-electron chi connectivity index (χ3n) is 4.21. The van der Waals surface area contributed by atoms with Gasteiger partial charge in [0.15, 0.2) is 0 Å². The number of hydrogen-bond acceptors (Lipinski definition) is 3. The first-order chi connectivity index (χ1) is 8.39. The SMILES string of the molecule is CCC(C)(C)NC(=O)C(C)N1CCC(NC)CC1.Cl. The van der Waals surface area contributed by atoms with E-state index >= 15 is 0 Å². The Morgan fingerprint density at radius 2 is 1.89 bits per heavy atom. The van der Waals surface area contributed by atoms with Gasteiger partial charge in [0.05, 0.1) is 6.04 Å². The zero-order valence-electron chi connectivity index (χ0n) is 13.0. The minimum absolute atomic E-state index is 0. The number of rotatable bonds is 5. The zero-order valence-corrected chi connectivity index (χ0v) is 13.8. The van der Waals surface area contributed by atoms with Crippen LogP contribution >= 0.6 is 12.4 Å². The van der Waals surface area contributed by atoms with Crippen LogP contribution in [0, 0.1) is 0 Å². The maximum absolute atomic E-state index is 12.2. The van der Waals surface area contributed by atoms with Crippen LogP contribution in [0.2, 0.25) is 0 Å². The number of halogens is 1. The summed E-state index contributed by atoms with van der Waals surface area (Å²) in [5, 5.41) is 6.44. The van der Waals surface area contributed by atoms with Crippen LogP contribution in [0.15, 0.2) is 0 Å². The highest BCUT2D eigenvalue weighted by molar-refractivity contribution is 5.85. The molecule has 0 aromatic rings. The fourth-order valence-electron chi connectivity index (χ4n) is 2.27. The van der Waals surface area contributed by atoms with Gasteiger partial charge in [0, 0.05) is 24.7 Å². The number of likely N-dealkylation sites (tertiary alicyclic amines) is 1. The van der Waals surface area contributed by atoms with E-state index in [-0.39, 0.29) is 29.9 Å². The number of amides is 1. The standard InChI is InChI=1S/C14H29N3O.ClH/c1-6-14(3,4)16-13(18)11(2)17-9-7-12(15-5)8-10-17;/h11-12,15H,6-10H2,1-5H3,(H,16,18);1H. The third kappa shape index (κ3) is 5.67. The second kappa shape index (κ2) is 8.08. The molecule has 114 valence electrons. The van der Waals surface area contributed by atoms with Gasteiger partial charge in [-0.1, -0.05) is 6.92 Å². The molecule has 1 heterocycles. The lowest BCUT2D eigenvalue weighted by Gasteiger charge is -2.36. The lowest BCUT2D eigenvalue weighted by molar-refractivity contribution is -0.128. The first-order valence-corrected chi connectivity index (χ1v) is 7.13. The first kappa shape index (κ1) is 18.7. The molecule has 0 aromatic carbocycles. The highest BCUT2D eigenvalue weighted by atomic mass is 35.5. The topological polar surface area (TPSA) is 44.4 Å². The molecule has 0 bridgehead atoms. The molecule has 1 amide bonds. The summed E-state index contributed by atoms with van der Waals surface area (Å²) in [6, 6.07) is 0.595. The smallest absolute Gasteiger partial charge is 0.237 e. The van der Waals surface area contributed by atoms with Crippen molar-refractivity contribution in [1.29, 1.82) is 0 Å². The van der Waals surface area contributed by atoms with Crippen molar-refractivity contribution in [2.75, 3.05) is 20.1 Å². The summed E-state index contributed by atoms with van der Waals surface area (Å²) in [5.41, 5.74) is -0.103. The number of nitrogens with zero attached hydrogens (tertiary/aromatic N) is 1. The Morgan fingerprint density at radius 3 is 2.32 bits per heavy atom. The van der Waals surface area contributed by atoms with Gasteiger partial charge in [-0.2, -0.15) is 0 Å². The maximum atomic E-state index is 12.2. The van der Waals surface area contributed by atoms with Crippen molar-refractivity contribution < 1.29 is 4.79 Å². The highest BCUT2D eigenvalue weighted by Gasteiger charge is 2.28. The Labute approximate surface area is 124 Å². The lowest BCUT2D eigenvalue weighted by Crippen LogP contribution is -2.54. The van der Waals surface area contributed by atoms with Crippen molar-refractivity contribution in [2.45, 2.75) is 64.6 Å². The molecule has 4 nitrogen and oxygen atoms in total. The Kier molecular flexibility index (Phi) is 7.94. The molecule has 1 aliphatic rings. The molecule has 1 atom stereocenters.